The predicted octanol–water partition coefficient (Wildman–Crippen LogP) is 5.40. The van der Waals surface area contributed by atoms with E-state index in [1.165, 1.54) is 51.4 Å². The van der Waals surface area contributed by atoms with E-state index in [0.717, 1.165) is 24.2 Å². The van der Waals surface area contributed by atoms with Gasteiger partial charge in [0.05, 0.1) is 3.92 Å². The van der Waals surface area contributed by atoms with Gasteiger partial charge in [0.15, 0.2) is 0 Å². The number of rotatable bonds is 0. The maximum absolute atomic E-state index is 12.4. The fourth-order valence-corrected chi connectivity index (χ4v) is 8.06. The van der Waals surface area contributed by atoms with Gasteiger partial charge in [-0.2, -0.15) is 0 Å². The van der Waals surface area contributed by atoms with E-state index < -0.39 is 0 Å². The molecule has 0 aliphatic heterocycles. The zero-order valence-corrected chi connectivity index (χ0v) is 15.7. The Morgan fingerprint density at radius 2 is 1.76 bits per heavy atom. The first-order valence-electron chi connectivity index (χ1n) is 9.13. The minimum Gasteiger partial charge on any atom is -0.298 e. The number of halogens is 1. The van der Waals surface area contributed by atoms with Crippen LogP contribution in [0, 0.1) is 34.5 Å². The fourth-order valence-electron chi connectivity index (χ4n) is 7.03. The molecule has 4 fully saturated rings. The van der Waals surface area contributed by atoms with E-state index in [2.05, 4.69) is 36.4 Å². The maximum atomic E-state index is 12.4. The largest absolute Gasteiger partial charge is 0.298 e. The van der Waals surface area contributed by atoms with Gasteiger partial charge in [0.1, 0.15) is 5.78 Å². The summed E-state index contributed by atoms with van der Waals surface area (Å²) in [5.41, 5.74) is 0.922. The lowest BCUT2D eigenvalue weighted by atomic mass is 9.45. The zero-order valence-electron chi connectivity index (χ0n) is 13.5. The highest BCUT2D eigenvalue weighted by atomic mass is 127. The maximum Gasteiger partial charge on any atom is 0.146 e. The lowest BCUT2D eigenvalue weighted by molar-refractivity contribution is -0.117. The Labute approximate surface area is 143 Å². The molecule has 7 atom stereocenters. The number of carbonyl (C=O) groups is 1. The van der Waals surface area contributed by atoms with Crippen molar-refractivity contribution in [2.24, 2.45) is 34.5 Å². The molecule has 0 aromatic carbocycles. The van der Waals surface area contributed by atoms with Crippen LogP contribution < -0.4 is 0 Å². The topological polar surface area (TPSA) is 17.1 Å². The van der Waals surface area contributed by atoms with Crippen LogP contribution in [-0.2, 0) is 4.79 Å². The first kappa shape index (κ1) is 15.0. The van der Waals surface area contributed by atoms with E-state index in [0.29, 0.717) is 22.5 Å². The predicted molar refractivity (Wildman–Crippen MR) is 94.5 cm³/mol. The van der Waals surface area contributed by atoms with Gasteiger partial charge in [0.2, 0.25) is 0 Å². The number of fused-ring (bicyclic) bond motifs is 5. The third kappa shape index (κ3) is 1.96. The molecule has 4 saturated carbocycles. The molecule has 2 heteroatoms. The summed E-state index contributed by atoms with van der Waals surface area (Å²) < 4.78 is 0.290. The number of carbonyl (C=O) groups excluding carboxylic acids is 1. The second-order valence-corrected chi connectivity index (χ2v) is 10.2. The summed E-state index contributed by atoms with van der Waals surface area (Å²) in [6.07, 6.45) is 12.3. The smallest absolute Gasteiger partial charge is 0.146 e. The summed E-state index contributed by atoms with van der Waals surface area (Å²) in [4.78, 5) is 12.4. The van der Waals surface area contributed by atoms with Crippen molar-refractivity contribution in [3.63, 3.8) is 0 Å². The highest BCUT2D eigenvalue weighted by molar-refractivity contribution is 14.1. The Hall–Kier alpha value is 0.400. The van der Waals surface area contributed by atoms with Gasteiger partial charge in [-0.15, -0.1) is 0 Å². The van der Waals surface area contributed by atoms with E-state index in [9.17, 15) is 4.79 Å². The Kier molecular flexibility index (Phi) is 3.52. The molecular weight excluding hydrogens is 371 g/mol. The molecule has 118 valence electrons. The Morgan fingerprint density at radius 3 is 2.57 bits per heavy atom. The van der Waals surface area contributed by atoms with Crippen LogP contribution in [0.15, 0.2) is 0 Å². The SMILES string of the molecule is CC12CCC3C(CC[C@H]4CCCCC34C)C1CC(=O)C2I. The molecule has 0 amide bonds. The first-order valence-corrected chi connectivity index (χ1v) is 10.4. The summed E-state index contributed by atoms with van der Waals surface area (Å²) in [5, 5.41) is 0. The molecule has 0 saturated heterocycles. The Balaban J connectivity index is 1.67. The van der Waals surface area contributed by atoms with Crippen molar-refractivity contribution in [2.75, 3.05) is 0 Å². The number of ketones is 1. The van der Waals surface area contributed by atoms with Crippen molar-refractivity contribution in [1.29, 1.82) is 0 Å². The van der Waals surface area contributed by atoms with Crippen molar-refractivity contribution < 1.29 is 4.79 Å². The van der Waals surface area contributed by atoms with Crippen LogP contribution in [0.2, 0.25) is 0 Å². The van der Waals surface area contributed by atoms with Crippen LogP contribution in [0.1, 0.15) is 71.6 Å². The summed E-state index contributed by atoms with van der Waals surface area (Å²) in [6.45, 7) is 5.06. The molecule has 0 spiro atoms. The van der Waals surface area contributed by atoms with Gasteiger partial charge in [-0.25, -0.2) is 0 Å². The number of Topliss-reactive ketones (excluding diaryl/α,β-unsaturated/α-hetero) is 1. The van der Waals surface area contributed by atoms with Gasteiger partial charge >= 0.3 is 0 Å². The Morgan fingerprint density at radius 1 is 0.952 bits per heavy atom. The zero-order chi connectivity index (χ0) is 14.8. The van der Waals surface area contributed by atoms with E-state index in [-0.39, 0.29) is 3.92 Å². The van der Waals surface area contributed by atoms with Crippen molar-refractivity contribution >= 4 is 28.4 Å². The van der Waals surface area contributed by atoms with Crippen LogP contribution in [0.5, 0.6) is 0 Å². The van der Waals surface area contributed by atoms with E-state index >= 15 is 0 Å². The average molecular weight is 400 g/mol. The molecule has 4 aliphatic carbocycles. The molecular formula is C19H29IO. The average Bonchev–Trinajstić information content (AvgIpc) is 2.70. The summed E-state index contributed by atoms with van der Waals surface area (Å²) >= 11 is 2.46. The molecule has 0 N–H and O–H groups in total. The van der Waals surface area contributed by atoms with Crippen LogP contribution >= 0.6 is 22.6 Å². The molecule has 4 aliphatic rings. The standard InChI is InChI=1S/C19H29IO/c1-18-9-4-3-5-12(18)6-7-13-14(18)8-10-19(2)15(13)11-16(21)17(19)20/h12-15,17H,3-11H2,1-2H3/t12-,13?,14?,15?,17?,18?,19?/m1/s1. The summed E-state index contributed by atoms with van der Waals surface area (Å²) in [7, 11) is 0. The molecule has 0 aromatic heterocycles. The van der Waals surface area contributed by atoms with Crippen LogP contribution in [0.4, 0.5) is 0 Å². The lowest BCUT2D eigenvalue weighted by Gasteiger charge is -2.60. The van der Waals surface area contributed by atoms with Crippen molar-refractivity contribution in [1.82, 2.24) is 0 Å². The third-order valence-corrected chi connectivity index (χ3v) is 10.4. The highest BCUT2D eigenvalue weighted by Crippen LogP contribution is 2.66. The van der Waals surface area contributed by atoms with E-state index in [4.69, 9.17) is 0 Å². The van der Waals surface area contributed by atoms with Crippen LogP contribution in [0.25, 0.3) is 0 Å². The van der Waals surface area contributed by atoms with Gasteiger partial charge in [0, 0.05) is 6.42 Å². The normalized spacial score (nSPS) is 56.5. The molecule has 0 aromatic rings. The van der Waals surface area contributed by atoms with Gasteiger partial charge in [-0.05, 0) is 73.0 Å². The van der Waals surface area contributed by atoms with Crippen LogP contribution in [-0.4, -0.2) is 9.71 Å². The van der Waals surface area contributed by atoms with Crippen molar-refractivity contribution in [2.45, 2.75) is 75.6 Å². The Bertz CT molecular complexity index is 460. The molecule has 6 unspecified atom stereocenters. The molecule has 1 nitrogen and oxygen atoms in total. The molecule has 0 bridgehead atoms. The van der Waals surface area contributed by atoms with Gasteiger partial charge < -0.3 is 0 Å². The van der Waals surface area contributed by atoms with Crippen LogP contribution in [0.3, 0.4) is 0 Å². The monoisotopic (exact) mass is 400 g/mol. The molecule has 21 heavy (non-hydrogen) atoms. The van der Waals surface area contributed by atoms with Crippen molar-refractivity contribution in [3.05, 3.63) is 0 Å². The lowest BCUT2D eigenvalue weighted by Crippen LogP contribution is -2.52. The minimum absolute atomic E-state index is 0.290. The number of hydrogen-bond acceptors (Lipinski definition) is 1. The van der Waals surface area contributed by atoms with E-state index in [1.807, 2.05) is 0 Å². The second-order valence-electron chi connectivity index (χ2n) is 8.98. The molecule has 0 heterocycles. The quantitative estimate of drug-likeness (QED) is 0.393. The number of hydrogen-bond donors (Lipinski definition) is 0. The third-order valence-electron chi connectivity index (χ3n) is 8.30. The van der Waals surface area contributed by atoms with Gasteiger partial charge in [-0.1, -0.05) is 49.3 Å². The highest BCUT2D eigenvalue weighted by Gasteiger charge is 2.61. The summed E-state index contributed by atoms with van der Waals surface area (Å²) in [6, 6.07) is 0. The first-order chi connectivity index (χ1) is 9.97. The summed E-state index contributed by atoms with van der Waals surface area (Å²) in [5.74, 6) is 4.02. The van der Waals surface area contributed by atoms with E-state index in [1.54, 1.807) is 0 Å². The molecule has 4 rings (SSSR count). The molecule has 0 radical (unpaired) electrons. The number of alkyl halides is 1. The van der Waals surface area contributed by atoms with Crippen molar-refractivity contribution in [3.8, 4) is 0 Å². The fraction of sp³-hybridized carbons (Fsp3) is 0.947. The minimum atomic E-state index is 0.290. The van der Waals surface area contributed by atoms with Gasteiger partial charge in [-0.3, -0.25) is 4.79 Å². The van der Waals surface area contributed by atoms with Gasteiger partial charge in [0.25, 0.3) is 0 Å². The second kappa shape index (κ2) is 4.95.